The van der Waals surface area contributed by atoms with E-state index >= 15 is 0 Å². The first kappa shape index (κ1) is 7.39. The van der Waals surface area contributed by atoms with Crippen LogP contribution in [0.3, 0.4) is 0 Å². The Bertz CT molecular complexity index is 94.7. The van der Waals surface area contributed by atoms with Gasteiger partial charge in [0, 0.05) is 0 Å². The zero-order valence-electron chi connectivity index (χ0n) is 4.72. The second-order valence-corrected chi connectivity index (χ2v) is 2.00. The Kier molecular flexibility index (Phi) is 1.94. The van der Waals surface area contributed by atoms with Crippen molar-refractivity contribution in [2.75, 3.05) is 0 Å². The Hall–Kier alpha value is -0.610. The van der Waals surface area contributed by atoms with Crippen molar-refractivity contribution >= 4 is 5.91 Å². The van der Waals surface area contributed by atoms with Gasteiger partial charge in [-0.05, 0) is 6.92 Å². The number of primary amides is 1. The fraction of sp³-hybridized carbons (Fsp3) is 0.750. The van der Waals surface area contributed by atoms with Gasteiger partial charge in [-0.25, -0.2) is 0 Å². The molecule has 0 rings (SSSR count). The van der Waals surface area contributed by atoms with Crippen molar-refractivity contribution < 1.29 is 9.90 Å². The van der Waals surface area contributed by atoms with Crippen molar-refractivity contribution in [1.29, 1.82) is 0 Å². The first-order valence-corrected chi connectivity index (χ1v) is 2.21. The van der Waals surface area contributed by atoms with E-state index in [2.05, 4.69) is 0 Å². The third-order valence-electron chi connectivity index (χ3n) is 0.532. The number of aliphatic hydroxyl groups is 1. The van der Waals surface area contributed by atoms with E-state index in [4.69, 9.17) is 16.6 Å². The van der Waals surface area contributed by atoms with Crippen molar-refractivity contribution in [3.63, 3.8) is 0 Å². The second-order valence-electron chi connectivity index (χ2n) is 2.00. The number of rotatable bonds is 2. The fourth-order valence-corrected chi connectivity index (χ4v) is 0.353. The van der Waals surface area contributed by atoms with Crippen molar-refractivity contribution in [3.8, 4) is 0 Å². The molecule has 4 nitrogen and oxygen atoms in total. The van der Waals surface area contributed by atoms with Gasteiger partial charge in [-0.15, -0.1) is 0 Å². The number of hydrogen-bond donors (Lipinski definition) is 3. The van der Waals surface area contributed by atoms with Crippen LogP contribution in [-0.2, 0) is 4.79 Å². The van der Waals surface area contributed by atoms with E-state index in [0.717, 1.165) is 0 Å². The number of carbonyl (C=O) groups is 1. The summed E-state index contributed by atoms with van der Waals surface area (Å²) in [6, 6.07) is 0. The highest BCUT2D eigenvalue weighted by Crippen LogP contribution is 1.96. The van der Waals surface area contributed by atoms with E-state index in [1.54, 1.807) is 0 Å². The van der Waals surface area contributed by atoms with Crippen LogP contribution in [0.1, 0.15) is 13.3 Å². The molecule has 0 aromatic heterocycles. The van der Waals surface area contributed by atoms with Crippen LogP contribution >= 0.6 is 0 Å². The van der Waals surface area contributed by atoms with Crippen molar-refractivity contribution in [2.24, 2.45) is 11.5 Å². The van der Waals surface area contributed by atoms with Crippen LogP contribution in [0.25, 0.3) is 0 Å². The number of hydrogen-bond acceptors (Lipinski definition) is 3. The molecule has 0 radical (unpaired) electrons. The van der Waals surface area contributed by atoms with E-state index in [9.17, 15) is 4.79 Å². The molecule has 0 aliphatic rings. The zero-order valence-corrected chi connectivity index (χ0v) is 4.72. The summed E-state index contributed by atoms with van der Waals surface area (Å²) in [5.74, 6) is -0.600. The van der Waals surface area contributed by atoms with Gasteiger partial charge in [-0.1, -0.05) is 0 Å². The molecule has 0 bridgehead atoms. The molecule has 0 spiro atoms. The maximum atomic E-state index is 10.00. The normalized spacial score (nSPS) is 17.4. The Labute approximate surface area is 47.5 Å². The average Bonchev–Trinajstić information content (AvgIpc) is 1.21. The van der Waals surface area contributed by atoms with Gasteiger partial charge < -0.3 is 16.6 Å². The molecule has 8 heavy (non-hydrogen) atoms. The summed E-state index contributed by atoms with van der Waals surface area (Å²) in [6.45, 7) is 1.32. The molecule has 0 saturated carbocycles. The van der Waals surface area contributed by atoms with Crippen molar-refractivity contribution in [3.05, 3.63) is 0 Å². The minimum Gasteiger partial charge on any atom is -0.376 e. The van der Waals surface area contributed by atoms with Crippen LogP contribution in [0.2, 0.25) is 0 Å². The molecule has 0 aromatic rings. The van der Waals surface area contributed by atoms with Gasteiger partial charge in [0.05, 0.1) is 6.42 Å². The predicted octanol–water partition coefficient (Wildman–Crippen LogP) is -1.47. The molecule has 0 aliphatic carbocycles. The molecule has 0 aromatic carbocycles. The summed E-state index contributed by atoms with van der Waals surface area (Å²) in [6.07, 6.45) is -0.201. The number of amides is 1. The van der Waals surface area contributed by atoms with Crippen LogP contribution in [0, 0.1) is 0 Å². The highest BCUT2D eigenvalue weighted by atomic mass is 16.3. The Morgan fingerprint density at radius 2 is 2.25 bits per heavy atom. The molecule has 0 aliphatic heterocycles. The Morgan fingerprint density at radius 3 is 2.25 bits per heavy atom. The topological polar surface area (TPSA) is 89.3 Å². The largest absolute Gasteiger partial charge is 0.376 e. The Balaban J connectivity index is 3.55. The molecule has 0 heterocycles. The van der Waals surface area contributed by atoms with Crippen molar-refractivity contribution in [1.82, 2.24) is 0 Å². The van der Waals surface area contributed by atoms with E-state index in [-0.39, 0.29) is 6.42 Å². The highest BCUT2D eigenvalue weighted by molar-refractivity contribution is 5.74. The smallest absolute Gasteiger partial charge is 0.221 e. The molecule has 4 heteroatoms. The van der Waals surface area contributed by atoms with Gasteiger partial charge in [0.25, 0.3) is 0 Å². The number of carbonyl (C=O) groups excluding carboxylic acids is 1. The maximum absolute atomic E-state index is 10.00. The molecule has 5 N–H and O–H groups in total. The first-order valence-electron chi connectivity index (χ1n) is 2.21. The third-order valence-corrected chi connectivity index (χ3v) is 0.532. The molecular weight excluding hydrogens is 108 g/mol. The summed E-state index contributed by atoms with van der Waals surface area (Å²) < 4.78 is 0. The quantitative estimate of drug-likeness (QED) is 0.387. The second kappa shape index (κ2) is 2.11. The van der Waals surface area contributed by atoms with Crippen LogP contribution in [0.15, 0.2) is 0 Å². The van der Waals surface area contributed by atoms with Crippen LogP contribution in [0.5, 0.6) is 0 Å². The minimum atomic E-state index is -1.45. The summed E-state index contributed by atoms with van der Waals surface area (Å²) in [5, 5.41) is 8.66. The van der Waals surface area contributed by atoms with Gasteiger partial charge in [-0.3, -0.25) is 4.79 Å². The molecule has 1 atom stereocenters. The lowest BCUT2D eigenvalue weighted by atomic mass is 10.2. The summed E-state index contributed by atoms with van der Waals surface area (Å²) in [4.78, 5) is 10.00. The minimum absolute atomic E-state index is 0.201. The molecule has 0 saturated heterocycles. The van der Waals surface area contributed by atoms with Gasteiger partial charge in [0.1, 0.15) is 5.72 Å². The average molecular weight is 118 g/mol. The lowest BCUT2D eigenvalue weighted by Gasteiger charge is -2.13. The highest BCUT2D eigenvalue weighted by Gasteiger charge is 2.15. The van der Waals surface area contributed by atoms with Gasteiger partial charge in [0.15, 0.2) is 0 Å². The molecule has 0 fully saturated rings. The zero-order chi connectivity index (χ0) is 6.78. The van der Waals surface area contributed by atoms with E-state index in [0.29, 0.717) is 0 Å². The van der Waals surface area contributed by atoms with E-state index in [1.165, 1.54) is 6.92 Å². The summed E-state index contributed by atoms with van der Waals surface area (Å²) in [5.41, 5.74) is 8.24. The molecule has 0 unspecified atom stereocenters. The van der Waals surface area contributed by atoms with Crippen LogP contribution in [0.4, 0.5) is 0 Å². The molecular formula is C4H10N2O2. The number of nitrogens with two attached hydrogens (primary N) is 2. The van der Waals surface area contributed by atoms with Gasteiger partial charge in [-0.2, -0.15) is 0 Å². The molecule has 1 amide bonds. The van der Waals surface area contributed by atoms with Gasteiger partial charge in [0.2, 0.25) is 5.91 Å². The third kappa shape index (κ3) is 5.39. The predicted molar refractivity (Wildman–Crippen MR) is 28.6 cm³/mol. The standard InChI is InChI=1S/C4H10N2O2/c1-4(6,8)2-3(5)7/h8H,2,6H2,1H3,(H2,5,7)/t4-/m1/s1. The van der Waals surface area contributed by atoms with Crippen molar-refractivity contribution in [2.45, 2.75) is 19.1 Å². The monoisotopic (exact) mass is 118 g/mol. The van der Waals surface area contributed by atoms with E-state index < -0.39 is 11.6 Å². The summed E-state index contributed by atoms with van der Waals surface area (Å²) in [7, 11) is 0. The fourth-order valence-electron chi connectivity index (χ4n) is 0.353. The van der Waals surface area contributed by atoms with Crippen LogP contribution in [-0.4, -0.2) is 16.7 Å². The Morgan fingerprint density at radius 1 is 1.88 bits per heavy atom. The lowest BCUT2D eigenvalue weighted by molar-refractivity contribution is -0.122. The first-order chi connectivity index (χ1) is 3.42. The maximum Gasteiger partial charge on any atom is 0.221 e. The summed E-state index contributed by atoms with van der Waals surface area (Å²) >= 11 is 0. The van der Waals surface area contributed by atoms with E-state index in [1.807, 2.05) is 0 Å². The molecule has 48 valence electrons. The van der Waals surface area contributed by atoms with Gasteiger partial charge >= 0.3 is 0 Å². The lowest BCUT2D eigenvalue weighted by Crippen LogP contribution is -2.39. The SMILES string of the molecule is C[C@@](N)(O)CC(N)=O. The van der Waals surface area contributed by atoms with Crippen LogP contribution < -0.4 is 11.5 Å².